The van der Waals surface area contributed by atoms with Crippen molar-refractivity contribution in [2.24, 2.45) is 5.84 Å². The summed E-state index contributed by atoms with van der Waals surface area (Å²) in [5, 5.41) is 1.24. The van der Waals surface area contributed by atoms with Crippen molar-refractivity contribution in [1.29, 1.82) is 0 Å². The molecule has 0 aliphatic carbocycles. The van der Waals surface area contributed by atoms with Crippen LogP contribution >= 0.6 is 23.2 Å². The van der Waals surface area contributed by atoms with Crippen molar-refractivity contribution in [2.45, 2.75) is 0 Å². The third-order valence-electron chi connectivity index (χ3n) is 1.65. The number of nitrogens with two attached hydrogens (primary N) is 1. The van der Waals surface area contributed by atoms with Crippen LogP contribution in [0.1, 0.15) is 0 Å². The fraction of sp³-hybridized carbons (Fsp3) is 0.250. The van der Waals surface area contributed by atoms with E-state index in [0.717, 1.165) is 5.69 Å². The van der Waals surface area contributed by atoms with E-state index in [1.165, 1.54) is 0 Å². The number of hydrogen-bond donors (Lipinski definition) is 2. The quantitative estimate of drug-likeness (QED) is 0.464. The van der Waals surface area contributed by atoms with Crippen LogP contribution < -0.4 is 16.2 Å². The Balaban J connectivity index is 2.88. The van der Waals surface area contributed by atoms with Gasteiger partial charge in [0.25, 0.3) is 0 Å². The van der Waals surface area contributed by atoms with Crippen LogP contribution in [0, 0.1) is 0 Å². The molecule has 3 nitrogen and oxygen atoms in total. The van der Waals surface area contributed by atoms with Gasteiger partial charge in [0.1, 0.15) is 0 Å². The Morgan fingerprint density at radius 1 is 1.46 bits per heavy atom. The van der Waals surface area contributed by atoms with E-state index in [0.29, 0.717) is 16.7 Å². The van der Waals surface area contributed by atoms with E-state index in [9.17, 15) is 0 Å². The fourth-order valence-electron chi connectivity index (χ4n) is 1.01. The Morgan fingerprint density at radius 2 is 2.15 bits per heavy atom. The molecule has 0 unspecified atom stereocenters. The maximum atomic E-state index is 5.97. The zero-order valence-corrected chi connectivity index (χ0v) is 8.73. The van der Waals surface area contributed by atoms with Crippen LogP contribution in [-0.2, 0) is 0 Å². The first-order valence-corrected chi connectivity index (χ1v) is 4.50. The average Bonchev–Trinajstić information content (AvgIpc) is 2.04. The lowest BCUT2D eigenvalue weighted by atomic mass is 10.3. The van der Waals surface area contributed by atoms with Gasteiger partial charge in [0, 0.05) is 12.1 Å². The molecule has 1 rings (SSSR count). The van der Waals surface area contributed by atoms with Gasteiger partial charge in [-0.1, -0.05) is 23.2 Å². The molecular weight excluding hydrogens is 209 g/mol. The number of nitrogens with zero attached hydrogens (tertiary/aromatic N) is 1. The van der Waals surface area contributed by atoms with Gasteiger partial charge in [-0.3, -0.25) is 5.84 Å². The van der Waals surface area contributed by atoms with Crippen LogP contribution in [0.3, 0.4) is 0 Å². The molecule has 0 spiro atoms. The molecule has 0 radical (unpaired) electrons. The van der Waals surface area contributed by atoms with E-state index < -0.39 is 0 Å². The number of halogens is 2. The minimum Gasteiger partial charge on any atom is -0.359 e. The molecule has 5 heteroatoms. The van der Waals surface area contributed by atoms with Crippen molar-refractivity contribution in [2.75, 3.05) is 18.6 Å². The second kappa shape index (κ2) is 4.67. The van der Waals surface area contributed by atoms with Crippen molar-refractivity contribution in [3.05, 3.63) is 28.2 Å². The summed E-state index contributed by atoms with van der Waals surface area (Å²) in [7, 11) is 1.88. The summed E-state index contributed by atoms with van der Waals surface area (Å²) in [6.45, 7) is 0.529. The highest BCUT2D eigenvalue weighted by atomic mass is 35.5. The van der Waals surface area contributed by atoms with Gasteiger partial charge in [-0.25, -0.2) is 5.43 Å². The first-order chi connectivity index (χ1) is 6.15. The van der Waals surface area contributed by atoms with E-state index >= 15 is 0 Å². The van der Waals surface area contributed by atoms with Crippen LogP contribution in [0.15, 0.2) is 18.2 Å². The first kappa shape index (κ1) is 10.6. The Bertz CT molecular complexity index is 291. The number of nitrogens with one attached hydrogen (secondary N) is 1. The molecule has 1 aromatic rings. The molecule has 0 aliphatic rings. The van der Waals surface area contributed by atoms with Crippen molar-refractivity contribution in [3.8, 4) is 0 Å². The standard InChI is InChI=1S/C8H11Cl2N3/c1-13(5-12-11)8-3-2-6(9)4-7(8)10/h2-4,12H,5,11H2,1H3. The maximum Gasteiger partial charge on any atom is 0.0805 e. The van der Waals surface area contributed by atoms with Gasteiger partial charge in [0.2, 0.25) is 0 Å². The summed E-state index contributed by atoms with van der Waals surface area (Å²) < 4.78 is 0. The van der Waals surface area contributed by atoms with E-state index in [2.05, 4.69) is 5.43 Å². The topological polar surface area (TPSA) is 41.3 Å². The second-order valence-electron chi connectivity index (χ2n) is 2.66. The monoisotopic (exact) mass is 219 g/mol. The molecule has 0 heterocycles. The average molecular weight is 220 g/mol. The molecule has 0 amide bonds. The molecule has 3 N–H and O–H groups in total. The molecule has 13 heavy (non-hydrogen) atoms. The highest BCUT2D eigenvalue weighted by Crippen LogP contribution is 2.27. The van der Waals surface area contributed by atoms with Crippen LogP contribution in [0.2, 0.25) is 10.0 Å². The predicted molar refractivity (Wildman–Crippen MR) is 57.1 cm³/mol. The fourth-order valence-corrected chi connectivity index (χ4v) is 1.57. The number of hydrogen-bond acceptors (Lipinski definition) is 3. The zero-order valence-electron chi connectivity index (χ0n) is 7.22. The van der Waals surface area contributed by atoms with Gasteiger partial charge in [-0.2, -0.15) is 0 Å². The van der Waals surface area contributed by atoms with E-state index in [1.807, 2.05) is 18.0 Å². The molecule has 0 aliphatic heterocycles. The summed E-state index contributed by atoms with van der Waals surface area (Å²) in [5.74, 6) is 5.19. The van der Waals surface area contributed by atoms with Crippen molar-refractivity contribution in [3.63, 3.8) is 0 Å². The van der Waals surface area contributed by atoms with E-state index in [1.54, 1.807) is 12.1 Å². The largest absolute Gasteiger partial charge is 0.359 e. The van der Waals surface area contributed by atoms with Gasteiger partial charge < -0.3 is 4.90 Å². The third-order valence-corrected chi connectivity index (χ3v) is 2.19. The number of benzene rings is 1. The van der Waals surface area contributed by atoms with Crippen LogP contribution in [-0.4, -0.2) is 13.7 Å². The highest BCUT2D eigenvalue weighted by molar-refractivity contribution is 6.36. The first-order valence-electron chi connectivity index (χ1n) is 3.75. The van der Waals surface area contributed by atoms with Gasteiger partial charge in [-0.15, -0.1) is 0 Å². The second-order valence-corrected chi connectivity index (χ2v) is 3.50. The Hall–Kier alpha value is -0.480. The SMILES string of the molecule is CN(CNN)c1ccc(Cl)cc1Cl. The lowest BCUT2D eigenvalue weighted by Crippen LogP contribution is -2.35. The molecule has 1 aromatic carbocycles. The highest BCUT2D eigenvalue weighted by Gasteiger charge is 2.04. The van der Waals surface area contributed by atoms with Crippen LogP contribution in [0.4, 0.5) is 5.69 Å². The van der Waals surface area contributed by atoms with E-state index in [4.69, 9.17) is 29.0 Å². The normalized spacial score (nSPS) is 10.2. The van der Waals surface area contributed by atoms with Crippen molar-refractivity contribution >= 4 is 28.9 Å². The van der Waals surface area contributed by atoms with Gasteiger partial charge in [-0.05, 0) is 18.2 Å². The molecule has 0 bridgehead atoms. The molecule has 72 valence electrons. The smallest absolute Gasteiger partial charge is 0.0805 e. The molecule has 0 saturated heterocycles. The molecular formula is C8H11Cl2N3. The minimum absolute atomic E-state index is 0.529. The van der Waals surface area contributed by atoms with Gasteiger partial charge in [0.05, 0.1) is 17.4 Å². The van der Waals surface area contributed by atoms with Crippen molar-refractivity contribution in [1.82, 2.24) is 5.43 Å². The third kappa shape index (κ3) is 2.74. The number of anilines is 1. The van der Waals surface area contributed by atoms with Gasteiger partial charge in [0.15, 0.2) is 0 Å². The lowest BCUT2D eigenvalue weighted by molar-refractivity contribution is 0.718. The summed E-state index contributed by atoms with van der Waals surface area (Å²) in [6, 6.07) is 5.34. The lowest BCUT2D eigenvalue weighted by Gasteiger charge is -2.19. The van der Waals surface area contributed by atoms with E-state index in [-0.39, 0.29) is 0 Å². The zero-order chi connectivity index (χ0) is 9.84. The minimum atomic E-state index is 0.529. The summed E-state index contributed by atoms with van der Waals surface area (Å²) in [5.41, 5.74) is 3.43. The predicted octanol–water partition coefficient (Wildman–Crippen LogP) is 1.85. The maximum absolute atomic E-state index is 5.97. The molecule has 0 atom stereocenters. The molecule has 0 aromatic heterocycles. The summed E-state index contributed by atoms with van der Waals surface area (Å²) >= 11 is 11.7. The molecule has 0 fully saturated rings. The van der Waals surface area contributed by atoms with Crippen molar-refractivity contribution < 1.29 is 0 Å². The Kier molecular flexibility index (Phi) is 3.81. The summed E-state index contributed by atoms with van der Waals surface area (Å²) in [6.07, 6.45) is 0. The number of rotatable bonds is 3. The van der Waals surface area contributed by atoms with Crippen LogP contribution in [0.5, 0.6) is 0 Å². The van der Waals surface area contributed by atoms with Gasteiger partial charge >= 0.3 is 0 Å². The Morgan fingerprint density at radius 3 is 2.69 bits per heavy atom. The van der Waals surface area contributed by atoms with Crippen LogP contribution in [0.25, 0.3) is 0 Å². The Labute approximate surface area is 87.4 Å². The number of hydrazine groups is 1. The molecule has 0 saturated carbocycles. The summed E-state index contributed by atoms with van der Waals surface area (Å²) in [4.78, 5) is 1.89.